The molecule has 0 radical (unpaired) electrons. The summed E-state index contributed by atoms with van der Waals surface area (Å²) in [7, 11) is 0. The van der Waals surface area contributed by atoms with Gasteiger partial charge in [-0.2, -0.15) is 10.5 Å². The first-order chi connectivity index (χ1) is 18.1. The highest BCUT2D eigenvalue weighted by Crippen LogP contribution is 2.29. The van der Waals surface area contributed by atoms with Crippen molar-refractivity contribution in [3.8, 4) is 12.1 Å². The van der Waals surface area contributed by atoms with E-state index in [1.807, 2.05) is 79.9 Å². The highest BCUT2D eigenvalue weighted by molar-refractivity contribution is 6.04. The zero-order valence-corrected chi connectivity index (χ0v) is 20.5. The van der Waals surface area contributed by atoms with Gasteiger partial charge in [0.25, 0.3) is 5.91 Å². The van der Waals surface area contributed by atoms with Crippen LogP contribution in [0.25, 0.3) is 27.9 Å². The molecule has 0 aliphatic rings. The summed E-state index contributed by atoms with van der Waals surface area (Å²) in [4.78, 5) is 16.2. The van der Waals surface area contributed by atoms with Gasteiger partial charge in [0.05, 0.1) is 11.6 Å². The van der Waals surface area contributed by atoms with Crippen LogP contribution in [0.15, 0.2) is 84.6 Å². The number of hydrogen-bond donors (Lipinski definition) is 2. The van der Waals surface area contributed by atoms with Crippen molar-refractivity contribution in [1.82, 2.24) is 14.9 Å². The summed E-state index contributed by atoms with van der Waals surface area (Å²) in [5, 5.41) is 24.3. The Kier molecular flexibility index (Phi) is 6.57. The summed E-state index contributed by atoms with van der Waals surface area (Å²) in [5.74, 6) is -0.395. The summed E-state index contributed by atoms with van der Waals surface area (Å²) in [6.45, 7) is 2.92. The molecule has 0 aliphatic carbocycles. The molecule has 0 aliphatic heterocycles. The Hall–Kier alpha value is -5.07. The van der Waals surface area contributed by atoms with Gasteiger partial charge in [-0.3, -0.25) is 4.79 Å². The fraction of sp³-hybridized carbons (Fsp3) is 0.129. The molecule has 2 aromatic heterocycles. The molecule has 0 atom stereocenters. The van der Waals surface area contributed by atoms with E-state index in [1.165, 1.54) is 0 Å². The van der Waals surface area contributed by atoms with Gasteiger partial charge < -0.3 is 14.9 Å². The lowest BCUT2D eigenvalue weighted by molar-refractivity contribution is -0.117. The highest BCUT2D eigenvalue weighted by Gasteiger charge is 2.17. The van der Waals surface area contributed by atoms with Crippen molar-refractivity contribution in [1.29, 1.82) is 10.5 Å². The number of amides is 1. The molecule has 2 heterocycles. The Bertz CT molecular complexity index is 1740. The topological polar surface area (TPSA) is 97.4 Å². The minimum absolute atomic E-state index is 0.0577. The van der Waals surface area contributed by atoms with Gasteiger partial charge in [0.1, 0.15) is 11.6 Å². The third-order valence-corrected chi connectivity index (χ3v) is 6.75. The second-order valence-corrected chi connectivity index (χ2v) is 8.91. The molecule has 6 nitrogen and oxygen atoms in total. The summed E-state index contributed by atoms with van der Waals surface area (Å²) in [5.41, 5.74) is 6.52. The first-order valence-electron chi connectivity index (χ1n) is 12.1. The number of carbonyl (C=O) groups is 1. The van der Waals surface area contributed by atoms with Gasteiger partial charge in [-0.05, 0) is 48.7 Å². The normalized spacial score (nSPS) is 11.4. The molecule has 0 saturated heterocycles. The number of benzene rings is 3. The minimum atomic E-state index is -0.395. The monoisotopic (exact) mass is 483 g/mol. The first-order valence-corrected chi connectivity index (χ1v) is 12.1. The Morgan fingerprint density at radius 1 is 0.973 bits per heavy atom. The number of nitrogens with one attached hydrogen (secondary N) is 2. The van der Waals surface area contributed by atoms with E-state index in [0.717, 1.165) is 44.2 Å². The Balaban J connectivity index is 1.41. The van der Waals surface area contributed by atoms with Crippen LogP contribution >= 0.6 is 0 Å². The Morgan fingerprint density at radius 2 is 1.70 bits per heavy atom. The van der Waals surface area contributed by atoms with E-state index in [0.29, 0.717) is 25.1 Å². The number of rotatable bonds is 7. The molecular weight excluding hydrogens is 458 g/mol. The lowest BCUT2D eigenvalue weighted by Gasteiger charge is -2.10. The number of nitrogens with zero attached hydrogens (tertiary/aromatic N) is 3. The van der Waals surface area contributed by atoms with Gasteiger partial charge in [0.2, 0.25) is 0 Å². The number of para-hydroxylation sites is 2. The van der Waals surface area contributed by atoms with Crippen LogP contribution in [-0.4, -0.2) is 22.0 Å². The van der Waals surface area contributed by atoms with Crippen molar-refractivity contribution >= 4 is 33.8 Å². The van der Waals surface area contributed by atoms with Crippen molar-refractivity contribution in [2.24, 2.45) is 0 Å². The van der Waals surface area contributed by atoms with E-state index >= 15 is 0 Å². The maximum atomic E-state index is 12.9. The quantitative estimate of drug-likeness (QED) is 0.232. The molecule has 0 fully saturated rings. The average Bonchev–Trinajstić information content (AvgIpc) is 3.46. The molecule has 5 rings (SSSR count). The minimum Gasteiger partial charge on any atom is -0.361 e. The van der Waals surface area contributed by atoms with E-state index in [2.05, 4.69) is 33.1 Å². The third kappa shape index (κ3) is 4.61. The van der Waals surface area contributed by atoms with Crippen LogP contribution in [0.4, 0.5) is 0 Å². The molecule has 0 saturated carbocycles. The van der Waals surface area contributed by atoms with Crippen molar-refractivity contribution in [2.45, 2.75) is 19.9 Å². The molecule has 37 heavy (non-hydrogen) atoms. The molecule has 6 heteroatoms. The molecule has 1 amide bonds. The lowest BCUT2D eigenvalue weighted by Crippen LogP contribution is -2.26. The predicted octanol–water partition coefficient (Wildman–Crippen LogP) is 5.62. The third-order valence-electron chi connectivity index (χ3n) is 6.75. The van der Waals surface area contributed by atoms with Gasteiger partial charge in [0.15, 0.2) is 0 Å². The number of H-pyrrole nitrogens is 1. The van der Waals surface area contributed by atoms with Crippen LogP contribution in [0.5, 0.6) is 0 Å². The number of aromatic nitrogens is 2. The van der Waals surface area contributed by atoms with Gasteiger partial charge >= 0.3 is 0 Å². The predicted molar refractivity (Wildman–Crippen MR) is 146 cm³/mol. The number of hydrogen-bond acceptors (Lipinski definition) is 3. The summed E-state index contributed by atoms with van der Waals surface area (Å²) in [6.07, 6.45) is 4.29. The maximum absolute atomic E-state index is 12.9. The molecule has 0 bridgehead atoms. The van der Waals surface area contributed by atoms with Crippen molar-refractivity contribution in [3.63, 3.8) is 0 Å². The van der Waals surface area contributed by atoms with Crippen molar-refractivity contribution < 1.29 is 4.79 Å². The van der Waals surface area contributed by atoms with E-state index in [9.17, 15) is 15.3 Å². The van der Waals surface area contributed by atoms with Crippen LogP contribution in [0.1, 0.15) is 27.9 Å². The number of nitriles is 2. The van der Waals surface area contributed by atoms with E-state index < -0.39 is 5.91 Å². The van der Waals surface area contributed by atoms with Gasteiger partial charge in [-0.25, -0.2) is 0 Å². The Labute approximate surface area is 215 Å². The Morgan fingerprint density at radius 3 is 2.51 bits per heavy atom. The summed E-state index contributed by atoms with van der Waals surface area (Å²) < 4.78 is 2.13. The van der Waals surface area contributed by atoms with Gasteiger partial charge in [0, 0.05) is 52.3 Å². The van der Waals surface area contributed by atoms with Crippen LogP contribution < -0.4 is 5.32 Å². The van der Waals surface area contributed by atoms with Crippen LogP contribution in [0, 0.1) is 29.6 Å². The second-order valence-electron chi connectivity index (χ2n) is 8.91. The zero-order chi connectivity index (χ0) is 25.8. The SMILES string of the molecule is Cc1c(/C=C(\C#N)C(=O)NCCc2c[nH]c3ccccc23)c2ccccc2n1Cc1ccccc1C#N. The maximum Gasteiger partial charge on any atom is 0.261 e. The summed E-state index contributed by atoms with van der Waals surface area (Å²) in [6, 6.07) is 27.8. The second kappa shape index (κ2) is 10.3. The lowest BCUT2D eigenvalue weighted by atomic mass is 10.1. The fourth-order valence-corrected chi connectivity index (χ4v) is 4.82. The van der Waals surface area contributed by atoms with E-state index in [1.54, 1.807) is 6.08 Å². The van der Waals surface area contributed by atoms with Gasteiger partial charge in [-0.15, -0.1) is 0 Å². The van der Waals surface area contributed by atoms with Gasteiger partial charge in [-0.1, -0.05) is 54.6 Å². The highest BCUT2D eigenvalue weighted by atomic mass is 16.1. The molecule has 5 aromatic rings. The van der Waals surface area contributed by atoms with Crippen molar-refractivity contribution in [3.05, 3.63) is 113 Å². The molecule has 0 spiro atoms. The smallest absolute Gasteiger partial charge is 0.261 e. The van der Waals surface area contributed by atoms with Crippen LogP contribution in [-0.2, 0) is 17.8 Å². The number of fused-ring (bicyclic) bond motifs is 2. The largest absolute Gasteiger partial charge is 0.361 e. The fourth-order valence-electron chi connectivity index (χ4n) is 4.82. The molecular formula is C31H25N5O. The zero-order valence-electron chi connectivity index (χ0n) is 20.5. The number of carbonyl (C=O) groups excluding carboxylic acids is 1. The van der Waals surface area contributed by atoms with Crippen LogP contribution in [0.2, 0.25) is 0 Å². The molecule has 180 valence electrons. The van der Waals surface area contributed by atoms with Crippen LogP contribution in [0.3, 0.4) is 0 Å². The molecule has 3 aromatic carbocycles. The molecule has 2 N–H and O–H groups in total. The first kappa shape index (κ1) is 23.7. The average molecular weight is 484 g/mol. The van der Waals surface area contributed by atoms with E-state index in [-0.39, 0.29) is 5.57 Å². The van der Waals surface area contributed by atoms with E-state index in [4.69, 9.17) is 0 Å². The molecule has 0 unspecified atom stereocenters. The summed E-state index contributed by atoms with van der Waals surface area (Å²) >= 11 is 0. The van der Waals surface area contributed by atoms with Crippen molar-refractivity contribution in [2.75, 3.05) is 6.54 Å². The standard InChI is InChI=1S/C31H25N5O/c1-21-28(27-11-5-7-13-30(27)36(21)20-24-9-3-2-8-22(24)17-32)16-25(18-33)31(37)34-15-14-23-19-35-29-12-6-4-10-26(23)29/h2-13,16,19,35H,14-15,20H2,1H3,(H,34,37)/b25-16+. The number of aromatic amines is 1.